The predicted molar refractivity (Wildman–Crippen MR) is 72.4 cm³/mol. The molecule has 0 bridgehead atoms. The molecule has 18 heavy (non-hydrogen) atoms. The van der Waals surface area contributed by atoms with E-state index in [9.17, 15) is 4.79 Å². The van der Waals surface area contributed by atoms with Crippen LogP contribution in [0, 0.1) is 11.3 Å². The van der Waals surface area contributed by atoms with Gasteiger partial charge in [0.05, 0.1) is 26.1 Å². The Hall–Kier alpha value is -1.74. The SMILES string of the molecule is COc1cc(Br)cc(NCC(=O)NCCC#N)c1. The molecule has 1 aromatic carbocycles. The van der Waals surface area contributed by atoms with E-state index < -0.39 is 0 Å². The number of amides is 1. The fourth-order valence-electron chi connectivity index (χ4n) is 1.29. The average molecular weight is 312 g/mol. The molecule has 1 amide bonds. The van der Waals surface area contributed by atoms with Crippen molar-refractivity contribution in [1.29, 1.82) is 5.26 Å². The lowest BCUT2D eigenvalue weighted by Crippen LogP contribution is -2.30. The van der Waals surface area contributed by atoms with E-state index in [1.54, 1.807) is 13.2 Å². The lowest BCUT2D eigenvalue weighted by molar-refractivity contribution is -0.119. The van der Waals surface area contributed by atoms with Gasteiger partial charge in [-0.05, 0) is 12.1 Å². The van der Waals surface area contributed by atoms with Crippen LogP contribution in [0.2, 0.25) is 0 Å². The van der Waals surface area contributed by atoms with E-state index in [2.05, 4.69) is 26.6 Å². The normalized spacial score (nSPS) is 9.39. The zero-order chi connectivity index (χ0) is 13.4. The van der Waals surface area contributed by atoms with E-state index in [1.165, 1.54) is 0 Å². The smallest absolute Gasteiger partial charge is 0.239 e. The maximum Gasteiger partial charge on any atom is 0.239 e. The van der Waals surface area contributed by atoms with E-state index in [-0.39, 0.29) is 12.5 Å². The Morgan fingerprint density at radius 2 is 2.28 bits per heavy atom. The molecule has 0 unspecified atom stereocenters. The zero-order valence-corrected chi connectivity index (χ0v) is 11.6. The average Bonchev–Trinajstić information content (AvgIpc) is 2.36. The van der Waals surface area contributed by atoms with Crippen LogP contribution < -0.4 is 15.4 Å². The topological polar surface area (TPSA) is 74.2 Å². The van der Waals surface area contributed by atoms with Gasteiger partial charge in [0.25, 0.3) is 0 Å². The Labute approximate surface area is 114 Å². The standard InChI is InChI=1S/C12H14BrN3O2/c1-18-11-6-9(13)5-10(7-11)16-8-12(17)15-4-2-3-14/h5-7,16H,2,4,8H2,1H3,(H,15,17). The number of halogens is 1. The van der Waals surface area contributed by atoms with Gasteiger partial charge in [0.15, 0.2) is 0 Å². The quantitative estimate of drug-likeness (QED) is 0.787. The van der Waals surface area contributed by atoms with E-state index in [1.807, 2.05) is 18.2 Å². The highest BCUT2D eigenvalue weighted by atomic mass is 79.9. The summed E-state index contributed by atoms with van der Waals surface area (Å²) in [5.41, 5.74) is 0.789. The van der Waals surface area contributed by atoms with Gasteiger partial charge in [0, 0.05) is 22.8 Å². The third-order valence-corrected chi connectivity index (χ3v) is 2.58. The molecule has 0 fully saturated rings. The number of benzene rings is 1. The number of nitrogens with zero attached hydrogens (tertiary/aromatic N) is 1. The number of nitrogens with one attached hydrogen (secondary N) is 2. The van der Waals surface area contributed by atoms with Crippen molar-refractivity contribution in [3.8, 4) is 11.8 Å². The highest BCUT2D eigenvalue weighted by Crippen LogP contribution is 2.24. The molecule has 0 aliphatic heterocycles. The first-order valence-corrected chi connectivity index (χ1v) is 6.17. The third kappa shape index (κ3) is 5.06. The lowest BCUT2D eigenvalue weighted by Gasteiger charge is -2.09. The van der Waals surface area contributed by atoms with Crippen LogP contribution in [0.15, 0.2) is 22.7 Å². The molecule has 0 aliphatic rings. The Bertz CT molecular complexity index is 457. The lowest BCUT2D eigenvalue weighted by atomic mass is 10.3. The van der Waals surface area contributed by atoms with Crippen LogP contribution in [0.3, 0.4) is 0 Å². The monoisotopic (exact) mass is 311 g/mol. The summed E-state index contributed by atoms with van der Waals surface area (Å²) < 4.78 is 5.99. The van der Waals surface area contributed by atoms with Gasteiger partial charge in [-0.1, -0.05) is 15.9 Å². The fraction of sp³-hybridized carbons (Fsp3) is 0.333. The van der Waals surface area contributed by atoms with Gasteiger partial charge in [0.1, 0.15) is 5.75 Å². The van der Waals surface area contributed by atoms with E-state index in [0.717, 1.165) is 10.2 Å². The molecule has 5 nitrogen and oxygen atoms in total. The zero-order valence-electron chi connectivity index (χ0n) is 10.00. The van der Waals surface area contributed by atoms with Crippen molar-refractivity contribution in [2.24, 2.45) is 0 Å². The molecule has 96 valence electrons. The van der Waals surface area contributed by atoms with Gasteiger partial charge in [-0.25, -0.2) is 0 Å². The van der Waals surface area contributed by atoms with Gasteiger partial charge in [-0.2, -0.15) is 5.26 Å². The number of methoxy groups -OCH3 is 1. The summed E-state index contributed by atoms with van der Waals surface area (Å²) in [7, 11) is 1.58. The van der Waals surface area contributed by atoms with Gasteiger partial charge < -0.3 is 15.4 Å². The van der Waals surface area contributed by atoms with Crippen molar-refractivity contribution >= 4 is 27.5 Å². The van der Waals surface area contributed by atoms with E-state index in [4.69, 9.17) is 10.00 Å². The van der Waals surface area contributed by atoms with Gasteiger partial charge >= 0.3 is 0 Å². The van der Waals surface area contributed by atoms with Crippen LogP contribution in [0.25, 0.3) is 0 Å². The molecule has 0 heterocycles. The molecule has 0 saturated heterocycles. The van der Waals surface area contributed by atoms with Crippen LogP contribution in [0.5, 0.6) is 5.75 Å². The van der Waals surface area contributed by atoms with Crippen molar-refractivity contribution in [3.05, 3.63) is 22.7 Å². The Balaban J connectivity index is 2.45. The minimum Gasteiger partial charge on any atom is -0.497 e. The summed E-state index contributed by atoms with van der Waals surface area (Å²) in [5.74, 6) is 0.556. The number of carbonyl (C=O) groups excluding carboxylic acids is 1. The molecule has 6 heteroatoms. The first-order chi connectivity index (χ1) is 8.65. The van der Waals surface area contributed by atoms with Gasteiger partial charge in [0.2, 0.25) is 5.91 Å². The van der Waals surface area contributed by atoms with Gasteiger partial charge in [-0.15, -0.1) is 0 Å². The Morgan fingerprint density at radius 3 is 2.94 bits per heavy atom. The molecular formula is C12H14BrN3O2. The van der Waals surface area contributed by atoms with Crippen LogP contribution in [0.4, 0.5) is 5.69 Å². The van der Waals surface area contributed by atoms with Crippen molar-refractivity contribution in [3.63, 3.8) is 0 Å². The highest BCUT2D eigenvalue weighted by molar-refractivity contribution is 9.10. The molecule has 0 saturated carbocycles. The molecule has 1 aromatic rings. The van der Waals surface area contributed by atoms with Crippen molar-refractivity contribution in [1.82, 2.24) is 5.32 Å². The molecule has 0 spiro atoms. The minimum atomic E-state index is -0.149. The Morgan fingerprint density at radius 1 is 1.50 bits per heavy atom. The first kappa shape index (κ1) is 14.3. The Kier molecular flexibility index (Phi) is 6.01. The molecule has 0 radical (unpaired) electrons. The molecular weight excluding hydrogens is 298 g/mol. The molecule has 1 rings (SSSR count). The second-order valence-corrected chi connectivity index (χ2v) is 4.41. The van der Waals surface area contributed by atoms with E-state index >= 15 is 0 Å². The summed E-state index contributed by atoms with van der Waals surface area (Å²) in [6.45, 7) is 0.532. The van der Waals surface area contributed by atoms with Crippen molar-refractivity contribution < 1.29 is 9.53 Å². The second kappa shape index (κ2) is 7.56. The third-order valence-electron chi connectivity index (χ3n) is 2.12. The molecule has 0 aliphatic carbocycles. The number of ether oxygens (including phenoxy) is 1. The summed E-state index contributed by atoms with van der Waals surface area (Å²) in [5, 5.41) is 14.0. The fourth-order valence-corrected chi connectivity index (χ4v) is 1.76. The van der Waals surface area contributed by atoms with Crippen LogP contribution >= 0.6 is 15.9 Å². The molecule has 2 N–H and O–H groups in total. The van der Waals surface area contributed by atoms with Crippen molar-refractivity contribution in [2.75, 3.05) is 25.5 Å². The van der Waals surface area contributed by atoms with E-state index in [0.29, 0.717) is 18.7 Å². The number of anilines is 1. The predicted octanol–water partition coefficient (Wildman–Crippen LogP) is 1.90. The summed E-state index contributed by atoms with van der Waals surface area (Å²) in [6.07, 6.45) is 0.316. The largest absolute Gasteiger partial charge is 0.497 e. The number of carbonyl (C=O) groups is 1. The molecule has 0 aromatic heterocycles. The summed E-state index contributed by atoms with van der Waals surface area (Å²) >= 11 is 3.36. The number of nitriles is 1. The van der Waals surface area contributed by atoms with Crippen LogP contribution in [0.1, 0.15) is 6.42 Å². The van der Waals surface area contributed by atoms with Crippen LogP contribution in [-0.2, 0) is 4.79 Å². The number of hydrogen-bond donors (Lipinski definition) is 2. The first-order valence-electron chi connectivity index (χ1n) is 5.38. The molecule has 0 atom stereocenters. The van der Waals surface area contributed by atoms with Crippen molar-refractivity contribution in [2.45, 2.75) is 6.42 Å². The maximum absolute atomic E-state index is 11.4. The minimum absolute atomic E-state index is 0.149. The summed E-state index contributed by atoms with van der Waals surface area (Å²) in [6, 6.07) is 7.44. The highest BCUT2D eigenvalue weighted by Gasteiger charge is 2.02. The van der Waals surface area contributed by atoms with Gasteiger partial charge in [-0.3, -0.25) is 4.79 Å². The summed E-state index contributed by atoms with van der Waals surface area (Å²) in [4.78, 5) is 11.4. The van der Waals surface area contributed by atoms with Crippen LogP contribution in [-0.4, -0.2) is 26.1 Å². The number of rotatable bonds is 6. The maximum atomic E-state index is 11.4. The second-order valence-electron chi connectivity index (χ2n) is 3.49. The number of hydrogen-bond acceptors (Lipinski definition) is 4.